The molecule has 0 unspecified atom stereocenters. The van der Waals surface area contributed by atoms with Crippen LogP contribution < -0.4 is 0 Å². The van der Waals surface area contributed by atoms with Gasteiger partial charge in [0.1, 0.15) is 0 Å². The Labute approximate surface area is 211 Å². The lowest BCUT2D eigenvalue weighted by molar-refractivity contribution is 0.565. The van der Waals surface area contributed by atoms with Crippen molar-refractivity contribution in [1.82, 2.24) is 0 Å². The van der Waals surface area contributed by atoms with Gasteiger partial charge in [-0.2, -0.15) is 10.5 Å². The van der Waals surface area contributed by atoms with Crippen LogP contribution in [0.4, 0.5) is 0 Å². The van der Waals surface area contributed by atoms with Crippen LogP contribution in [0, 0.1) is 22.7 Å². The van der Waals surface area contributed by atoms with Crippen molar-refractivity contribution in [3.05, 3.63) is 69.8 Å². The van der Waals surface area contributed by atoms with E-state index in [1.165, 1.54) is 0 Å². The molecule has 186 valence electrons. The molecule has 0 aliphatic carbocycles. The lowest BCUT2D eigenvalue weighted by Gasteiger charge is -2.27. The number of hydrogen-bond acceptors (Lipinski definition) is 2. The molecule has 34 heavy (non-hydrogen) atoms. The number of nitrogens with zero attached hydrogens (tertiary/aromatic N) is 2. The predicted molar refractivity (Wildman–Crippen MR) is 148 cm³/mol. The van der Waals surface area contributed by atoms with Crippen molar-refractivity contribution in [1.29, 1.82) is 10.5 Å². The first kappa shape index (κ1) is 31.4. The van der Waals surface area contributed by atoms with E-state index in [2.05, 4.69) is 132 Å². The maximum Gasteiger partial charge on any atom is 0.0997 e. The third-order valence-corrected chi connectivity index (χ3v) is 5.58. The molecule has 0 aliphatic heterocycles. The monoisotopic (exact) mass is 460 g/mol. The van der Waals surface area contributed by atoms with E-state index in [0.29, 0.717) is 0 Å². The lowest BCUT2D eigenvalue weighted by Crippen LogP contribution is -2.19. The number of hydrogen-bond donors (Lipinski definition) is 0. The SMILES string of the molecule is CC.CC(C)(C)c1cccc(C(C)(C)C)c1C#N.CC(C)(C)c1cccc(C(C)(C)C)c1C#N. The Hall–Kier alpha value is -2.58. The first-order valence-corrected chi connectivity index (χ1v) is 12.4. The average molecular weight is 461 g/mol. The van der Waals surface area contributed by atoms with Crippen molar-refractivity contribution in [2.45, 2.75) is 119 Å². The van der Waals surface area contributed by atoms with E-state index >= 15 is 0 Å². The molecule has 2 aromatic rings. The van der Waals surface area contributed by atoms with Gasteiger partial charge in [0.15, 0.2) is 0 Å². The Morgan fingerprint density at radius 2 is 0.618 bits per heavy atom. The second kappa shape index (κ2) is 11.7. The van der Waals surface area contributed by atoms with Crippen molar-refractivity contribution < 1.29 is 0 Å². The fourth-order valence-electron chi connectivity index (χ4n) is 3.85. The van der Waals surface area contributed by atoms with Crippen LogP contribution in [-0.2, 0) is 21.7 Å². The van der Waals surface area contributed by atoms with Gasteiger partial charge in [0, 0.05) is 0 Å². The topological polar surface area (TPSA) is 47.6 Å². The molecule has 0 N–H and O–H groups in total. The lowest BCUT2D eigenvalue weighted by atomic mass is 9.77. The highest BCUT2D eigenvalue weighted by atomic mass is 14.3. The molecule has 0 saturated carbocycles. The Bertz CT molecular complexity index is 866. The van der Waals surface area contributed by atoms with Crippen molar-refractivity contribution in [2.24, 2.45) is 0 Å². The van der Waals surface area contributed by atoms with Gasteiger partial charge in [-0.3, -0.25) is 0 Å². The Morgan fingerprint density at radius 1 is 0.441 bits per heavy atom. The van der Waals surface area contributed by atoms with Crippen LogP contribution in [0.2, 0.25) is 0 Å². The molecule has 2 rings (SSSR count). The molecule has 0 aromatic heterocycles. The summed E-state index contributed by atoms with van der Waals surface area (Å²) in [5, 5.41) is 18.8. The van der Waals surface area contributed by atoms with E-state index in [1.807, 2.05) is 13.8 Å². The van der Waals surface area contributed by atoms with Crippen LogP contribution >= 0.6 is 0 Å². The molecule has 0 heterocycles. The summed E-state index contributed by atoms with van der Waals surface area (Å²) in [5.74, 6) is 0. The minimum atomic E-state index is 0.0202. The van der Waals surface area contributed by atoms with Crippen LogP contribution in [0.25, 0.3) is 0 Å². The minimum Gasteiger partial charge on any atom is -0.192 e. The maximum atomic E-state index is 9.38. The smallest absolute Gasteiger partial charge is 0.0997 e. The molecular formula is C32H48N2. The average Bonchev–Trinajstić information content (AvgIpc) is 2.71. The normalized spacial score (nSPS) is 11.8. The first-order valence-electron chi connectivity index (χ1n) is 12.4. The third kappa shape index (κ3) is 8.33. The molecule has 0 spiro atoms. The van der Waals surface area contributed by atoms with Gasteiger partial charge >= 0.3 is 0 Å². The van der Waals surface area contributed by atoms with E-state index in [1.54, 1.807) is 0 Å². The summed E-state index contributed by atoms with van der Waals surface area (Å²) >= 11 is 0. The van der Waals surface area contributed by atoms with Gasteiger partial charge in [0.25, 0.3) is 0 Å². The fraction of sp³-hybridized carbons (Fsp3) is 0.562. The molecule has 0 amide bonds. The molecule has 2 aromatic carbocycles. The van der Waals surface area contributed by atoms with Crippen molar-refractivity contribution in [3.8, 4) is 12.1 Å². The highest BCUT2D eigenvalue weighted by Gasteiger charge is 2.26. The summed E-state index contributed by atoms with van der Waals surface area (Å²) in [7, 11) is 0. The zero-order valence-electron chi connectivity index (χ0n) is 24.4. The quantitative estimate of drug-likeness (QED) is 0.393. The highest BCUT2D eigenvalue weighted by Crippen LogP contribution is 2.34. The summed E-state index contributed by atoms with van der Waals surface area (Å²) in [6, 6.07) is 17.1. The summed E-state index contributed by atoms with van der Waals surface area (Å²) in [6.07, 6.45) is 0. The Kier molecular flexibility index (Phi) is 10.8. The van der Waals surface area contributed by atoms with Crippen LogP contribution in [0.15, 0.2) is 36.4 Å². The summed E-state index contributed by atoms with van der Waals surface area (Å²) in [5.41, 5.74) is 6.34. The molecule has 2 heteroatoms. The van der Waals surface area contributed by atoms with E-state index in [0.717, 1.165) is 33.4 Å². The van der Waals surface area contributed by atoms with Crippen molar-refractivity contribution >= 4 is 0 Å². The second-order valence-corrected chi connectivity index (χ2v) is 12.7. The van der Waals surface area contributed by atoms with Crippen molar-refractivity contribution in [2.75, 3.05) is 0 Å². The largest absolute Gasteiger partial charge is 0.192 e. The number of benzene rings is 2. The molecule has 0 aliphatic rings. The van der Waals surface area contributed by atoms with Gasteiger partial charge in [-0.25, -0.2) is 0 Å². The Morgan fingerprint density at radius 3 is 0.735 bits per heavy atom. The second-order valence-electron chi connectivity index (χ2n) is 12.7. The van der Waals surface area contributed by atoms with E-state index in [9.17, 15) is 10.5 Å². The molecule has 0 fully saturated rings. The minimum absolute atomic E-state index is 0.0202. The van der Waals surface area contributed by atoms with Gasteiger partial charge in [-0.1, -0.05) is 133 Å². The molecular weight excluding hydrogens is 412 g/mol. The highest BCUT2D eigenvalue weighted by molar-refractivity contribution is 5.51. The summed E-state index contributed by atoms with van der Waals surface area (Å²) < 4.78 is 0. The standard InChI is InChI=1S/2C15H21N.C2H6/c2*1-14(2,3)12-8-7-9-13(11(12)10-16)15(4,5)6;1-2/h2*7-9H,1-6H3;1-2H3. The van der Waals surface area contributed by atoms with Gasteiger partial charge in [-0.05, 0) is 43.9 Å². The van der Waals surface area contributed by atoms with Gasteiger partial charge in [0.05, 0.1) is 23.3 Å². The van der Waals surface area contributed by atoms with Gasteiger partial charge in [-0.15, -0.1) is 0 Å². The van der Waals surface area contributed by atoms with Crippen LogP contribution in [0.5, 0.6) is 0 Å². The summed E-state index contributed by atoms with van der Waals surface area (Å²) in [4.78, 5) is 0. The summed E-state index contributed by atoms with van der Waals surface area (Å²) in [6.45, 7) is 29.8. The zero-order valence-corrected chi connectivity index (χ0v) is 24.4. The van der Waals surface area contributed by atoms with Crippen LogP contribution in [0.1, 0.15) is 130 Å². The van der Waals surface area contributed by atoms with Gasteiger partial charge < -0.3 is 0 Å². The zero-order chi connectivity index (χ0) is 27.1. The molecule has 2 nitrogen and oxygen atoms in total. The van der Waals surface area contributed by atoms with Gasteiger partial charge in [0.2, 0.25) is 0 Å². The maximum absolute atomic E-state index is 9.38. The molecule has 0 radical (unpaired) electrons. The molecule has 0 atom stereocenters. The van der Waals surface area contributed by atoms with Crippen LogP contribution in [0.3, 0.4) is 0 Å². The number of rotatable bonds is 0. The van der Waals surface area contributed by atoms with Crippen LogP contribution in [-0.4, -0.2) is 0 Å². The van der Waals surface area contributed by atoms with E-state index in [-0.39, 0.29) is 21.7 Å². The predicted octanol–water partition coefficient (Wildman–Crippen LogP) is 9.33. The fourth-order valence-corrected chi connectivity index (χ4v) is 3.85. The van der Waals surface area contributed by atoms with Crippen molar-refractivity contribution in [3.63, 3.8) is 0 Å². The molecule has 0 saturated heterocycles. The van der Waals surface area contributed by atoms with E-state index in [4.69, 9.17) is 0 Å². The number of nitriles is 2. The Balaban J connectivity index is 0.000000597. The van der Waals surface area contributed by atoms with E-state index < -0.39 is 0 Å². The third-order valence-electron chi connectivity index (χ3n) is 5.58. The first-order chi connectivity index (χ1) is 15.4. The molecule has 0 bridgehead atoms.